The van der Waals surface area contributed by atoms with Gasteiger partial charge in [0.15, 0.2) is 0 Å². The van der Waals surface area contributed by atoms with E-state index in [1.165, 1.54) is 0 Å². The number of nitrogens with zero attached hydrogens (tertiary/aromatic N) is 1. The molecule has 1 heterocycles. The van der Waals surface area contributed by atoms with Gasteiger partial charge in [-0.3, -0.25) is 9.59 Å². The van der Waals surface area contributed by atoms with E-state index in [9.17, 15) is 9.59 Å². The van der Waals surface area contributed by atoms with Gasteiger partial charge in [0.25, 0.3) is 0 Å². The van der Waals surface area contributed by atoms with Crippen LogP contribution in [-0.4, -0.2) is 41.6 Å². The molecular formula is C18H23NO4. The summed E-state index contributed by atoms with van der Waals surface area (Å²) in [6.45, 7) is 0.700. The van der Waals surface area contributed by atoms with Crippen LogP contribution >= 0.6 is 0 Å². The van der Waals surface area contributed by atoms with Gasteiger partial charge in [0.1, 0.15) is 5.75 Å². The van der Waals surface area contributed by atoms with Crippen molar-refractivity contribution in [1.29, 1.82) is 0 Å². The van der Waals surface area contributed by atoms with Crippen molar-refractivity contribution in [2.75, 3.05) is 13.7 Å². The third-order valence-electron chi connectivity index (χ3n) is 4.11. The van der Waals surface area contributed by atoms with Crippen LogP contribution in [0.25, 0.3) is 6.08 Å². The molecule has 1 aliphatic rings. The molecule has 23 heavy (non-hydrogen) atoms. The van der Waals surface area contributed by atoms with E-state index in [2.05, 4.69) is 0 Å². The fraction of sp³-hybridized carbons (Fsp3) is 0.444. The van der Waals surface area contributed by atoms with Crippen LogP contribution in [0.4, 0.5) is 0 Å². The smallest absolute Gasteiger partial charge is 0.303 e. The molecular weight excluding hydrogens is 294 g/mol. The van der Waals surface area contributed by atoms with Crippen LogP contribution in [-0.2, 0) is 9.59 Å². The highest BCUT2D eigenvalue weighted by Gasteiger charge is 2.25. The fourth-order valence-electron chi connectivity index (χ4n) is 2.89. The van der Waals surface area contributed by atoms with Gasteiger partial charge in [0, 0.05) is 25.1 Å². The minimum absolute atomic E-state index is 0.0299. The van der Waals surface area contributed by atoms with Crippen molar-refractivity contribution in [3.63, 3.8) is 0 Å². The van der Waals surface area contributed by atoms with Gasteiger partial charge in [0.05, 0.1) is 7.11 Å². The summed E-state index contributed by atoms with van der Waals surface area (Å²) >= 11 is 0. The second-order valence-electron chi connectivity index (χ2n) is 5.72. The molecule has 1 amide bonds. The highest BCUT2D eigenvalue weighted by atomic mass is 16.5. The van der Waals surface area contributed by atoms with Gasteiger partial charge in [-0.2, -0.15) is 0 Å². The van der Waals surface area contributed by atoms with Crippen molar-refractivity contribution in [3.05, 3.63) is 35.9 Å². The van der Waals surface area contributed by atoms with Crippen LogP contribution in [0.3, 0.4) is 0 Å². The molecule has 1 fully saturated rings. The molecule has 1 aromatic rings. The van der Waals surface area contributed by atoms with E-state index >= 15 is 0 Å². The van der Waals surface area contributed by atoms with Crippen LogP contribution in [0.5, 0.6) is 5.75 Å². The van der Waals surface area contributed by atoms with Crippen LogP contribution < -0.4 is 4.74 Å². The molecule has 0 spiro atoms. The number of aliphatic carboxylic acids is 1. The summed E-state index contributed by atoms with van der Waals surface area (Å²) < 4.78 is 5.16. The van der Waals surface area contributed by atoms with E-state index < -0.39 is 5.97 Å². The average molecular weight is 317 g/mol. The number of carbonyl (C=O) groups excluding carboxylic acids is 1. The lowest BCUT2D eigenvalue weighted by Gasteiger charge is -2.35. The topological polar surface area (TPSA) is 66.8 Å². The lowest BCUT2D eigenvalue weighted by atomic mass is 9.97. The first-order valence-electron chi connectivity index (χ1n) is 7.94. The predicted octanol–water partition coefficient (Wildman–Crippen LogP) is 2.95. The maximum atomic E-state index is 12.4. The van der Waals surface area contributed by atoms with Gasteiger partial charge in [-0.25, -0.2) is 0 Å². The molecule has 2 rings (SSSR count). The molecule has 5 heteroatoms. The monoisotopic (exact) mass is 317 g/mol. The second kappa shape index (κ2) is 8.36. The minimum atomic E-state index is -0.810. The largest absolute Gasteiger partial charge is 0.497 e. The molecule has 1 aliphatic heterocycles. The molecule has 0 aromatic heterocycles. The summed E-state index contributed by atoms with van der Waals surface area (Å²) in [5.41, 5.74) is 0.900. The molecule has 1 aromatic carbocycles. The van der Waals surface area contributed by atoms with Crippen molar-refractivity contribution < 1.29 is 19.4 Å². The van der Waals surface area contributed by atoms with E-state index in [1.807, 2.05) is 29.2 Å². The zero-order valence-corrected chi connectivity index (χ0v) is 13.4. The zero-order chi connectivity index (χ0) is 16.7. The minimum Gasteiger partial charge on any atom is -0.497 e. The van der Waals surface area contributed by atoms with E-state index in [4.69, 9.17) is 9.84 Å². The number of methoxy groups -OCH3 is 1. The number of carboxylic acid groups (broad SMARTS) is 1. The van der Waals surface area contributed by atoms with Crippen LogP contribution in [0.15, 0.2) is 30.3 Å². The first kappa shape index (κ1) is 17.1. The van der Waals surface area contributed by atoms with Crippen molar-refractivity contribution in [3.8, 4) is 5.75 Å². The maximum absolute atomic E-state index is 12.4. The van der Waals surface area contributed by atoms with Gasteiger partial charge in [0.2, 0.25) is 5.91 Å². The molecule has 124 valence electrons. The van der Waals surface area contributed by atoms with Crippen molar-refractivity contribution in [1.82, 2.24) is 4.90 Å². The Kier molecular flexibility index (Phi) is 6.20. The summed E-state index contributed by atoms with van der Waals surface area (Å²) in [7, 11) is 1.61. The van der Waals surface area contributed by atoms with Crippen molar-refractivity contribution in [2.45, 2.75) is 38.1 Å². The molecule has 0 radical (unpaired) electrons. The van der Waals surface area contributed by atoms with Gasteiger partial charge in [-0.1, -0.05) is 12.1 Å². The molecule has 1 saturated heterocycles. The SMILES string of the molecule is COc1cccc(C=CC(=O)N2CCCCC2CCC(=O)O)c1. The predicted molar refractivity (Wildman–Crippen MR) is 88.2 cm³/mol. The maximum Gasteiger partial charge on any atom is 0.303 e. The Morgan fingerprint density at radius 2 is 2.22 bits per heavy atom. The number of hydrogen-bond acceptors (Lipinski definition) is 3. The molecule has 1 N–H and O–H groups in total. The van der Waals surface area contributed by atoms with Crippen LogP contribution in [0.1, 0.15) is 37.7 Å². The highest BCUT2D eigenvalue weighted by molar-refractivity contribution is 5.92. The first-order chi connectivity index (χ1) is 11.1. The zero-order valence-electron chi connectivity index (χ0n) is 13.4. The lowest BCUT2D eigenvalue weighted by Crippen LogP contribution is -2.43. The quantitative estimate of drug-likeness (QED) is 0.819. The normalized spacial score (nSPS) is 18.1. The number of hydrogen-bond donors (Lipinski definition) is 1. The number of carboxylic acids is 1. The Labute approximate surface area is 136 Å². The second-order valence-corrected chi connectivity index (χ2v) is 5.72. The Morgan fingerprint density at radius 1 is 1.39 bits per heavy atom. The molecule has 0 aliphatic carbocycles. The van der Waals surface area contributed by atoms with E-state index in [-0.39, 0.29) is 18.4 Å². The van der Waals surface area contributed by atoms with Gasteiger partial charge < -0.3 is 14.7 Å². The molecule has 0 bridgehead atoms. The molecule has 1 atom stereocenters. The summed E-state index contributed by atoms with van der Waals surface area (Å²) in [5.74, 6) is -0.116. The summed E-state index contributed by atoms with van der Waals surface area (Å²) in [4.78, 5) is 25.0. The van der Waals surface area contributed by atoms with Crippen molar-refractivity contribution >= 4 is 18.0 Å². The third-order valence-corrected chi connectivity index (χ3v) is 4.11. The number of likely N-dealkylation sites (tertiary alicyclic amines) is 1. The van der Waals surface area contributed by atoms with Crippen molar-refractivity contribution in [2.24, 2.45) is 0 Å². The van der Waals surface area contributed by atoms with Gasteiger partial charge in [-0.05, 0) is 49.5 Å². The number of rotatable bonds is 6. The van der Waals surface area contributed by atoms with E-state index in [1.54, 1.807) is 19.3 Å². The number of ether oxygens (including phenoxy) is 1. The van der Waals surface area contributed by atoms with Gasteiger partial charge in [-0.15, -0.1) is 0 Å². The number of piperidine rings is 1. The standard InChI is InChI=1S/C18H23NO4/c1-23-16-7-4-5-14(13-16)8-10-17(20)19-12-3-2-6-15(19)9-11-18(21)22/h4-5,7-8,10,13,15H,2-3,6,9,11-12H2,1H3,(H,21,22). The van der Waals surface area contributed by atoms with Gasteiger partial charge >= 0.3 is 5.97 Å². The summed E-state index contributed by atoms with van der Waals surface area (Å²) in [6, 6.07) is 7.53. The Hall–Kier alpha value is -2.30. The highest BCUT2D eigenvalue weighted by Crippen LogP contribution is 2.22. The summed E-state index contributed by atoms with van der Waals surface area (Å²) in [6.07, 6.45) is 6.87. The Balaban J connectivity index is 2.01. The number of amides is 1. The van der Waals surface area contributed by atoms with E-state index in [0.717, 1.165) is 30.6 Å². The molecule has 1 unspecified atom stereocenters. The fourth-order valence-corrected chi connectivity index (χ4v) is 2.89. The third kappa shape index (κ3) is 5.13. The Bertz CT molecular complexity index is 582. The van der Waals surface area contributed by atoms with Crippen LogP contribution in [0.2, 0.25) is 0 Å². The number of benzene rings is 1. The van der Waals surface area contributed by atoms with E-state index in [0.29, 0.717) is 13.0 Å². The number of carbonyl (C=O) groups is 2. The van der Waals surface area contributed by atoms with Crippen LogP contribution in [0, 0.1) is 0 Å². The molecule has 0 saturated carbocycles. The molecule has 5 nitrogen and oxygen atoms in total. The lowest BCUT2D eigenvalue weighted by molar-refractivity contribution is -0.138. The Morgan fingerprint density at radius 3 is 2.96 bits per heavy atom. The average Bonchev–Trinajstić information content (AvgIpc) is 2.58. The first-order valence-corrected chi connectivity index (χ1v) is 7.94. The summed E-state index contributed by atoms with van der Waals surface area (Å²) in [5, 5.41) is 8.84.